The summed E-state index contributed by atoms with van der Waals surface area (Å²) in [6, 6.07) is 7.31. The van der Waals surface area contributed by atoms with Gasteiger partial charge in [0.05, 0.1) is 6.61 Å². The van der Waals surface area contributed by atoms with E-state index in [1.165, 1.54) is 141 Å². The quantitative estimate of drug-likeness (QED) is 0.0501. The number of aromatic amines is 1. The van der Waals surface area contributed by atoms with Crippen LogP contribution in [0.4, 0.5) is 0 Å². The van der Waals surface area contributed by atoms with Crippen molar-refractivity contribution in [2.45, 2.75) is 213 Å². The van der Waals surface area contributed by atoms with Gasteiger partial charge in [-0.2, -0.15) is 0 Å². The van der Waals surface area contributed by atoms with Crippen LogP contribution in [0.5, 0.6) is 0 Å². The van der Waals surface area contributed by atoms with Crippen molar-refractivity contribution < 1.29 is 24.2 Å². The Hall–Kier alpha value is -2.83. The molecule has 0 radical (unpaired) electrons. The zero-order valence-electron chi connectivity index (χ0n) is 33.8. The van der Waals surface area contributed by atoms with Crippen molar-refractivity contribution in [3.63, 3.8) is 0 Å². The third-order valence-corrected chi connectivity index (χ3v) is 10.0. The van der Waals surface area contributed by atoms with Crippen LogP contribution in [0.3, 0.4) is 0 Å². The number of nitrogens with one attached hydrogen (secondary N) is 2. The van der Waals surface area contributed by atoms with Crippen LogP contribution in [-0.2, 0) is 25.5 Å². The molecule has 0 saturated carbocycles. The highest BCUT2D eigenvalue weighted by Gasteiger charge is 2.23. The van der Waals surface area contributed by atoms with Crippen molar-refractivity contribution in [2.24, 2.45) is 0 Å². The first kappa shape index (κ1) is 47.2. The Kier molecular flexibility index (Phi) is 30.8. The van der Waals surface area contributed by atoms with E-state index in [1.807, 2.05) is 30.5 Å². The van der Waals surface area contributed by atoms with Crippen LogP contribution in [0.15, 0.2) is 30.5 Å². The Morgan fingerprint density at radius 2 is 1.04 bits per heavy atom. The normalized spacial score (nSPS) is 11.6. The highest BCUT2D eigenvalue weighted by Crippen LogP contribution is 2.20. The maximum Gasteiger partial charge on any atom is 0.328 e. The van der Waals surface area contributed by atoms with Crippen molar-refractivity contribution in [1.82, 2.24) is 10.3 Å². The molecular weight excluding hydrogens is 649 g/mol. The van der Waals surface area contributed by atoms with Crippen molar-refractivity contribution in [1.29, 1.82) is 0 Å². The average molecular weight is 727 g/mol. The lowest BCUT2D eigenvalue weighted by Gasteiger charge is -2.17. The summed E-state index contributed by atoms with van der Waals surface area (Å²) in [5.74, 6) is -1.10. The number of benzene rings is 1. The van der Waals surface area contributed by atoms with E-state index in [-0.39, 0.29) is 11.9 Å². The molecule has 7 heteroatoms. The topological polar surface area (TPSA) is 108 Å². The fourth-order valence-electron chi connectivity index (χ4n) is 6.82. The number of ether oxygens (including phenoxy) is 1. The van der Waals surface area contributed by atoms with Crippen LogP contribution in [0.2, 0.25) is 0 Å². The lowest BCUT2D eigenvalue weighted by Crippen LogP contribution is -2.43. The summed E-state index contributed by atoms with van der Waals surface area (Å²) in [4.78, 5) is 38.4. The van der Waals surface area contributed by atoms with Gasteiger partial charge < -0.3 is 20.1 Å². The number of carbonyl (C=O) groups is 3. The first-order chi connectivity index (χ1) is 25.4. The van der Waals surface area contributed by atoms with Crippen LogP contribution in [-0.4, -0.2) is 40.6 Å². The number of aliphatic carboxylic acids is 1. The molecule has 52 heavy (non-hydrogen) atoms. The number of hydrogen-bond acceptors (Lipinski definition) is 4. The van der Waals surface area contributed by atoms with Gasteiger partial charge >= 0.3 is 11.9 Å². The summed E-state index contributed by atoms with van der Waals surface area (Å²) in [5.41, 5.74) is 2.03. The molecule has 0 aliphatic carbocycles. The number of esters is 1. The van der Waals surface area contributed by atoms with Crippen molar-refractivity contribution >= 4 is 28.7 Å². The zero-order valence-corrected chi connectivity index (χ0v) is 33.8. The predicted molar refractivity (Wildman–Crippen MR) is 219 cm³/mol. The van der Waals surface area contributed by atoms with Crippen LogP contribution in [0.1, 0.15) is 206 Å². The molecule has 0 spiro atoms. The molecule has 1 amide bonds. The minimum absolute atomic E-state index is 0.0733. The SMILES string of the molecule is CCCCCCCCCCCC(=O)N[C@@H](Cc1c[nH]c2ccccc12)C(=O)OCC.CCCCCCCCCCCCCCCCCCCC(=O)O. The first-order valence-electron chi connectivity index (χ1n) is 21.7. The number of amides is 1. The number of rotatable bonds is 33. The highest BCUT2D eigenvalue weighted by molar-refractivity contribution is 5.87. The van der Waals surface area contributed by atoms with Crippen molar-refractivity contribution in [2.75, 3.05) is 6.61 Å². The second-order valence-electron chi connectivity index (χ2n) is 14.8. The number of H-pyrrole nitrogens is 1. The van der Waals surface area contributed by atoms with Gasteiger partial charge in [0.25, 0.3) is 0 Å². The molecule has 1 heterocycles. The Labute approximate surface area is 318 Å². The maximum absolute atomic E-state index is 12.4. The molecular formula is C45H78N2O5. The number of carboxylic acid groups (broad SMARTS) is 1. The number of fused-ring (bicyclic) bond motifs is 1. The van der Waals surface area contributed by atoms with E-state index < -0.39 is 12.0 Å². The Morgan fingerprint density at radius 1 is 0.615 bits per heavy atom. The van der Waals surface area contributed by atoms with E-state index in [0.29, 0.717) is 25.9 Å². The van der Waals surface area contributed by atoms with Gasteiger partial charge in [-0.05, 0) is 31.4 Å². The maximum atomic E-state index is 12.4. The van der Waals surface area contributed by atoms with Crippen LogP contribution in [0.25, 0.3) is 10.9 Å². The van der Waals surface area contributed by atoms with E-state index in [1.54, 1.807) is 6.92 Å². The Morgan fingerprint density at radius 3 is 1.48 bits per heavy atom. The highest BCUT2D eigenvalue weighted by atomic mass is 16.5. The molecule has 2 rings (SSSR count). The molecule has 1 atom stereocenters. The number of hydrogen-bond donors (Lipinski definition) is 3. The molecule has 0 fully saturated rings. The summed E-state index contributed by atoms with van der Waals surface area (Å²) >= 11 is 0. The van der Waals surface area contributed by atoms with Crippen LogP contribution in [0, 0.1) is 0 Å². The van der Waals surface area contributed by atoms with E-state index in [9.17, 15) is 14.4 Å². The number of aromatic nitrogens is 1. The summed E-state index contributed by atoms with van der Waals surface area (Å²) in [6.45, 7) is 6.60. The second-order valence-corrected chi connectivity index (χ2v) is 14.8. The van der Waals surface area contributed by atoms with Gasteiger partial charge in [-0.1, -0.05) is 186 Å². The van der Waals surface area contributed by atoms with Gasteiger partial charge in [-0.15, -0.1) is 0 Å². The number of unbranched alkanes of at least 4 members (excludes halogenated alkanes) is 24. The third kappa shape index (κ3) is 26.0. The molecule has 0 bridgehead atoms. The molecule has 298 valence electrons. The molecule has 1 aromatic carbocycles. The molecule has 3 N–H and O–H groups in total. The second kappa shape index (κ2) is 34.0. The predicted octanol–water partition coefficient (Wildman–Crippen LogP) is 12.8. The molecule has 0 unspecified atom stereocenters. The number of carboxylic acids is 1. The lowest BCUT2D eigenvalue weighted by atomic mass is 10.0. The monoisotopic (exact) mass is 727 g/mol. The van der Waals surface area contributed by atoms with Crippen LogP contribution >= 0.6 is 0 Å². The minimum Gasteiger partial charge on any atom is -0.481 e. The molecule has 0 aliphatic rings. The summed E-state index contributed by atoms with van der Waals surface area (Å²) in [5, 5.41) is 12.5. The van der Waals surface area contributed by atoms with Gasteiger partial charge in [0.15, 0.2) is 0 Å². The average Bonchev–Trinajstić information content (AvgIpc) is 3.54. The zero-order chi connectivity index (χ0) is 37.9. The van der Waals surface area contributed by atoms with Gasteiger partial charge in [0.1, 0.15) is 6.04 Å². The molecule has 7 nitrogen and oxygen atoms in total. The third-order valence-electron chi connectivity index (χ3n) is 10.0. The van der Waals surface area contributed by atoms with Gasteiger partial charge in [-0.25, -0.2) is 4.79 Å². The van der Waals surface area contributed by atoms with Gasteiger partial charge in [0.2, 0.25) is 5.91 Å². The molecule has 0 saturated heterocycles. The summed E-state index contributed by atoms with van der Waals surface area (Å²) < 4.78 is 5.20. The van der Waals surface area contributed by atoms with E-state index in [4.69, 9.17) is 9.84 Å². The van der Waals surface area contributed by atoms with Crippen LogP contribution < -0.4 is 5.32 Å². The van der Waals surface area contributed by atoms with E-state index in [0.717, 1.165) is 42.1 Å². The number of para-hydroxylation sites is 1. The lowest BCUT2D eigenvalue weighted by molar-refractivity contribution is -0.147. The van der Waals surface area contributed by atoms with Gasteiger partial charge in [0, 0.05) is 36.4 Å². The van der Waals surface area contributed by atoms with Crippen molar-refractivity contribution in [3.05, 3.63) is 36.0 Å². The Balaban J connectivity index is 0.000000548. The standard InChI is InChI=1S/C25H38N2O3.C20H40O2/c1-3-5-6-7-8-9-10-11-12-17-24(28)27-23(25(29)30-4-2)18-20-19-26-22-16-14-13-15-21(20)22;1-2-3-4-5-6-7-8-9-10-11-12-13-14-15-16-17-18-19-20(21)22/h13-16,19,23,26H,3-12,17-18H2,1-2H3,(H,27,28);2-19H2,1H3,(H,21,22)/t23-;/m0./s1. The van der Waals surface area contributed by atoms with E-state index >= 15 is 0 Å². The smallest absolute Gasteiger partial charge is 0.328 e. The first-order valence-corrected chi connectivity index (χ1v) is 21.7. The number of carbonyl (C=O) groups excluding carboxylic acids is 2. The molecule has 1 aromatic heterocycles. The van der Waals surface area contributed by atoms with Gasteiger partial charge in [-0.3, -0.25) is 9.59 Å². The summed E-state index contributed by atoms with van der Waals surface area (Å²) in [6.07, 6.45) is 36.8. The fraction of sp³-hybridized carbons (Fsp3) is 0.756. The minimum atomic E-state index is -0.657. The molecule has 2 aromatic rings. The van der Waals surface area contributed by atoms with E-state index in [2.05, 4.69) is 24.1 Å². The summed E-state index contributed by atoms with van der Waals surface area (Å²) in [7, 11) is 0. The fourth-order valence-corrected chi connectivity index (χ4v) is 6.82. The van der Waals surface area contributed by atoms with Crippen molar-refractivity contribution in [3.8, 4) is 0 Å². The molecule has 0 aliphatic heterocycles. The largest absolute Gasteiger partial charge is 0.481 e. The Bertz CT molecular complexity index is 1150.